The summed E-state index contributed by atoms with van der Waals surface area (Å²) in [6.07, 6.45) is 1.16. The molecule has 1 heterocycles. The van der Waals surface area contributed by atoms with E-state index in [-0.39, 0.29) is 17.6 Å². The average Bonchev–Trinajstić information content (AvgIpc) is 2.85. The van der Waals surface area contributed by atoms with Crippen molar-refractivity contribution in [1.29, 1.82) is 0 Å². The van der Waals surface area contributed by atoms with Gasteiger partial charge in [-0.25, -0.2) is 8.42 Å². The van der Waals surface area contributed by atoms with Crippen LogP contribution in [-0.4, -0.2) is 30.8 Å². The molecule has 0 aliphatic heterocycles. The average molecular weight is 339 g/mol. The number of nitrogens with zero attached hydrogens (tertiary/aromatic N) is 2. The number of nitrogens with one attached hydrogen (secondary N) is 1. The standard InChI is InChI=1S/C14H17N3O3S2/c1-9(2)13-16-17-14(21-13)15-12(18)11-6-4-5-10(7-11)8-22(3,19)20/h4-7,9H,8H2,1-3H3,(H,15,17,18). The van der Waals surface area contributed by atoms with E-state index in [1.807, 2.05) is 13.8 Å². The second kappa shape index (κ2) is 6.53. The third-order valence-electron chi connectivity index (χ3n) is 2.77. The van der Waals surface area contributed by atoms with E-state index in [1.54, 1.807) is 24.3 Å². The molecule has 0 spiro atoms. The number of anilines is 1. The van der Waals surface area contributed by atoms with Crippen molar-refractivity contribution in [2.75, 3.05) is 11.6 Å². The molecule has 1 aromatic carbocycles. The molecule has 0 saturated heterocycles. The molecule has 6 nitrogen and oxygen atoms in total. The second-order valence-corrected chi connectivity index (χ2v) is 8.47. The van der Waals surface area contributed by atoms with Gasteiger partial charge in [0.25, 0.3) is 5.91 Å². The number of amides is 1. The van der Waals surface area contributed by atoms with Crippen molar-refractivity contribution in [3.8, 4) is 0 Å². The third kappa shape index (κ3) is 4.60. The van der Waals surface area contributed by atoms with Gasteiger partial charge in [0.05, 0.1) is 5.75 Å². The minimum absolute atomic E-state index is 0.0928. The molecule has 1 N–H and O–H groups in total. The molecule has 0 bridgehead atoms. The summed E-state index contributed by atoms with van der Waals surface area (Å²) in [5.41, 5.74) is 0.970. The SMILES string of the molecule is CC(C)c1nnc(NC(=O)c2cccc(CS(C)(=O)=O)c2)s1. The Bertz CT molecular complexity index is 782. The van der Waals surface area contributed by atoms with E-state index >= 15 is 0 Å². The number of aromatic nitrogens is 2. The number of hydrogen-bond donors (Lipinski definition) is 1. The maximum Gasteiger partial charge on any atom is 0.257 e. The fourth-order valence-electron chi connectivity index (χ4n) is 1.79. The minimum atomic E-state index is -3.14. The van der Waals surface area contributed by atoms with Gasteiger partial charge in [-0.2, -0.15) is 0 Å². The summed E-state index contributed by atoms with van der Waals surface area (Å²) >= 11 is 1.33. The monoisotopic (exact) mass is 339 g/mol. The molecular formula is C14H17N3O3S2. The van der Waals surface area contributed by atoms with Crippen LogP contribution in [0.25, 0.3) is 0 Å². The summed E-state index contributed by atoms with van der Waals surface area (Å²) < 4.78 is 22.6. The van der Waals surface area contributed by atoms with Gasteiger partial charge >= 0.3 is 0 Å². The van der Waals surface area contributed by atoms with E-state index in [0.717, 1.165) is 11.3 Å². The molecule has 0 aliphatic rings. The van der Waals surface area contributed by atoms with E-state index in [9.17, 15) is 13.2 Å². The molecule has 1 aromatic heterocycles. The predicted molar refractivity (Wildman–Crippen MR) is 86.9 cm³/mol. The molecule has 8 heteroatoms. The van der Waals surface area contributed by atoms with Crippen LogP contribution in [0.2, 0.25) is 0 Å². The molecule has 2 rings (SSSR count). The maximum atomic E-state index is 12.2. The lowest BCUT2D eigenvalue weighted by atomic mass is 10.1. The van der Waals surface area contributed by atoms with Gasteiger partial charge in [0.1, 0.15) is 5.01 Å². The number of rotatable bonds is 5. The van der Waals surface area contributed by atoms with Crippen molar-refractivity contribution in [1.82, 2.24) is 10.2 Å². The van der Waals surface area contributed by atoms with Gasteiger partial charge in [-0.3, -0.25) is 10.1 Å². The van der Waals surface area contributed by atoms with Crippen molar-refractivity contribution in [2.24, 2.45) is 0 Å². The van der Waals surface area contributed by atoms with Crippen molar-refractivity contribution >= 4 is 32.2 Å². The Hall–Kier alpha value is -1.80. The highest BCUT2D eigenvalue weighted by Crippen LogP contribution is 2.23. The van der Waals surface area contributed by atoms with E-state index in [2.05, 4.69) is 15.5 Å². The van der Waals surface area contributed by atoms with Gasteiger partial charge in [0.2, 0.25) is 5.13 Å². The Morgan fingerprint density at radius 3 is 2.64 bits per heavy atom. The Morgan fingerprint density at radius 2 is 2.05 bits per heavy atom. The zero-order chi connectivity index (χ0) is 16.3. The largest absolute Gasteiger partial charge is 0.296 e. The zero-order valence-electron chi connectivity index (χ0n) is 12.5. The first-order valence-corrected chi connectivity index (χ1v) is 9.54. The highest BCUT2D eigenvalue weighted by Gasteiger charge is 2.13. The van der Waals surface area contributed by atoms with E-state index in [1.165, 1.54) is 11.3 Å². The molecule has 0 atom stereocenters. The first kappa shape index (κ1) is 16.6. The highest BCUT2D eigenvalue weighted by molar-refractivity contribution is 7.89. The molecule has 22 heavy (non-hydrogen) atoms. The Balaban J connectivity index is 2.13. The van der Waals surface area contributed by atoms with Crippen LogP contribution in [0.15, 0.2) is 24.3 Å². The summed E-state index contributed by atoms with van der Waals surface area (Å²) in [5.74, 6) is -0.173. The molecule has 0 aliphatic carbocycles. The number of carbonyl (C=O) groups excluding carboxylic acids is 1. The summed E-state index contributed by atoms with van der Waals surface area (Å²) in [6, 6.07) is 6.54. The van der Waals surface area contributed by atoms with Crippen LogP contribution in [-0.2, 0) is 15.6 Å². The van der Waals surface area contributed by atoms with Gasteiger partial charge in [-0.05, 0) is 17.7 Å². The van der Waals surface area contributed by atoms with Gasteiger partial charge in [-0.1, -0.05) is 37.3 Å². The third-order valence-corrected chi connectivity index (χ3v) is 4.77. The van der Waals surface area contributed by atoms with Crippen LogP contribution >= 0.6 is 11.3 Å². The maximum absolute atomic E-state index is 12.2. The van der Waals surface area contributed by atoms with Crippen LogP contribution in [0.4, 0.5) is 5.13 Å². The van der Waals surface area contributed by atoms with Crippen LogP contribution < -0.4 is 5.32 Å². The lowest BCUT2D eigenvalue weighted by Crippen LogP contribution is -2.12. The number of hydrogen-bond acceptors (Lipinski definition) is 6. The van der Waals surface area contributed by atoms with E-state index in [4.69, 9.17) is 0 Å². The van der Waals surface area contributed by atoms with Crippen molar-refractivity contribution in [3.63, 3.8) is 0 Å². The van der Waals surface area contributed by atoms with E-state index < -0.39 is 9.84 Å². The lowest BCUT2D eigenvalue weighted by molar-refractivity contribution is 0.102. The summed E-state index contributed by atoms with van der Waals surface area (Å²) in [7, 11) is -3.14. The number of carbonyl (C=O) groups is 1. The zero-order valence-corrected chi connectivity index (χ0v) is 14.2. The van der Waals surface area contributed by atoms with Gasteiger partial charge in [0.15, 0.2) is 9.84 Å². The van der Waals surface area contributed by atoms with Crippen LogP contribution in [0.3, 0.4) is 0 Å². The molecule has 0 fully saturated rings. The van der Waals surface area contributed by atoms with E-state index in [0.29, 0.717) is 16.3 Å². The van der Waals surface area contributed by atoms with Crippen molar-refractivity contribution < 1.29 is 13.2 Å². The summed E-state index contributed by atoms with van der Waals surface area (Å²) in [4.78, 5) is 12.2. The Kier molecular flexibility index (Phi) is 4.92. The lowest BCUT2D eigenvalue weighted by Gasteiger charge is -2.04. The fraction of sp³-hybridized carbons (Fsp3) is 0.357. The smallest absolute Gasteiger partial charge is 0.257 e. The molecular weight excluding hydrogens is 322 g/mol. The second-order valence-electron chi connectivity index (χ2n) is 5.32. The highest BCUT2D eigenvalue weighted by atomic mass is 32.2. The molecule has 0 radical (unpaired) electrons. The number of sulfone groups is 1. The van der Waals surface area contributed by atoms with Gasteiger partial charge < -0.3 is 0 Å². The predicted octanol–water partition coefficient (Wildman–Crippen LogP) is 2.46. The quantitative estimate of drug-likeness (QED) is 0.904. The summed E-state index contributed by atoms with van der Waals surface area (Å²) in [5, 5.41) is 11.9. The van der Waals surface area contributed by atoms with Gasteiger partial charge in [-0.15, -0.1) is 10.2 Å². The van der Waals surface area contributed by atoms with Crippen molar-refractivity contribution in [3.05, 3.63) is 40.4 Å². The normalized spacial score (nSPS) is 11.6. The molecule has 2 aromatic rings. The minimum Gasteiger partial charge on any atom is -0.296 e. The summed E-state index contributed by atoms with van der Waals surface area (Å²) in [6.45, 7) is 4.00. The van der Waals surface area contributed by atoms with Crippen LogP contribution in [0.1, 0.15) is 40.7 Å². The first-order chi connectivity index (χ1) is 10.2. The Morgan fingerprint density at radius 1 is 1.32 bits per heavy atom. The Labute approximate surface area is 133 Å². The van der Waals surface area contributed by atoms with Gasteiger partial charge in [0, 0.05) is 17.7 Å². The first-order valence-electron chi connectivity index (χ1n) is 6.66. The van der Waals surface area contributed by atoms with Crippen LogP contribution in [0, 0.1) is 0 Å². The fourth-order valence-corrected chi connectivity index (χ4v) is 3.32. The topological polar surface area (TPSA) is 89.0 Å². The molecule has 0 saturated carbocycles. The molecule has 118 valence electrons. The number of benzene rings is 1. The molecule has 0 unspecified atom stereocenters. The van der Waals surface area contributed by atoms with Crippen LogP contribution in [0.5, 0.6) is 0 Å². The molecule has 1 amide bonds. The van der Waals surface area contributed by atoms with Crippen molar-refractivity contribution in [2.45, 2.75) is 25.5 Å².